The molecule has 0 aliphatic heterocycles. The lowest BCUT2D eigenvalue weighted by Crippen LogP contribution is -2.32. The van der Waals surface area contributed by atoms with Crippen LogP contribution in [0.5, 0.6) is 0 Å². The molecule has 0 saturated carbocycles. The summed E-state index contributed by atoms with van der Waals surface area (Å²) in [6.45, 7) is 8.41. The third-order valence-corrected chi connectivity index (χ3v) is 3.76. The van der Waals surface area contributed by atoms with Crippen LogP contribution < -0.4 is 0 Å². The number of amides is 1. The first-order valence-corrected chi connectivity index (χ1v) is 8.68. The van der Waals surface area contributed by atoms with E-state index in [2.05, 4.69) is 25.9 Å². The Balaban J connectivity index is 3.15. The van der Waals surface area contributed by atoms with Crippen molar-refractivity contribution in [3.63, 3.8) is 0 Å². The molecule has 0 saturated heterocycles. The molecule has 1 heterocycles. The Morgan fingerprint density at radius 2 is 2.12 bits per heavy atom. The van der Waals surface area contributed by atoms with Gasteiger partial charge < -0.3 is 4.74 Å². The zero-order valence-electron chi connectivity index (χ0n) is 14.5. The Morgan fingerprint density at radius 1 is 1.42 bits per heavy atom. The lowest BCUT2D eigenvalue weighted by molar-refractivity contribution is -0.135. The summed E-state index contributed by atoms with van der Waals surface area (Å²) in [6.07, 6.45) is 0.404. The number of nitrogens with zero attached hydrogens (tertiary/aromatic N) is 3. The van der Waals surface area contributed by atoms with Gasteiger partial charge in [0.05, 0.1) is 12.7 Å². The maximum atomic E-state index is 12.2. The van der Waals surface area contributed by atoms with Gasteiger partial charge in [-0.2, -0.15) is 21.7 Å². The van der Waals surface area contributed by atoms with E-state index >= 15 is 0 Å². The van der Waals surface area contributed by atoms with Crippen LogP contribution in [0.15, 0.2) is 21.9 Å². The van der Waals surface area contributed by atoms with Crippen molar-refractivity contribution in [2.24, 2.45) is 10.5 Å². The number of hydrogen-bond acceptors (Lipinski definition) is 6. The van der Waals surface area contributed by atoms with Crippen LogP contribution in [0, 0.1) is 16.7 Å². The van der Waals surface area contributed by atoms with E-state index in [1.165, 1.54) is 16.3 Å². The number of thiophene rings is 1. The average Bonchev–Trinajstić information content (AvgIpc) is 3.00. The van der Waals surface area contributed by atoms with Crippen molar-refractivity contribution in [3.05, 3.63) is 22.4 Å². The van der Waals surface area contributed by atoms with Gasteiger partial charge in [-0.1, -0.05) is 20.8 Å². The minimum absolute atomic E-state index is 0.00678. The monoisotopic (exact) mass is 349 g/mol. The number of nitriles is 1. The van der Waals surface area contributed by atoms with E-state index in [4.69, 9.17) is 10.00 Å². The molecule has 1 aromatic rings. The van der Waals surface area contributed by atoms with Gasteiger partial charge in [-0.25, -0.2) is 9.80 Å². The molecule has 24 heavy (non-hydrogen) atoms. The molecule has 6 nitrogen and oxygen atoms in total. The first-order valence-electron chi connectivity index (χ1n) is 7.74. The fourth-order valence-corrected chi connectivity index (χ4v) is 2.41. The summed E-state index contributed by atoms with van der Waals surface area (Å²) < 4.78 is 5.05. The Labute approximate surface area is 146 Å². The van der Waals surface area contributed by atoms with Crippen molar-refractivity contribution < 1.29 is 14.3 Å². The molecule has 0 aliphatic rings. The van der Waals surface area contributed by atoms with Crippen molar-refractivity contribution in [1.29, 1.82) is 5.26 Å². The van der Waals surface area contributed by atoms with Gasteiger partial charge >= 0.3 is 5.97 Å². The van der Waals surface area contributed by atoms with Crippen LogP contribution >= 0.6 is 11.3 Å². The van der Waals surface area contributed by atoms with Gasteiger partial charge in [-0.05, 0) is 30.2 Å². The molecule has 7 heteroatoms. The van der Waals surface area contributed by atoms with E-state index in [0.29, 0.717) is 18.5 Å². The Kier molecular flexibility index (Phi) is 7.59. The Hall–Kier alpha value is -2.20. The molecule has 0 unspecified atom stereocenters. The topological polar surface area (TPSA) is 82.8 Å². The molecule has 0 atom stereocenters. The largest absolute Gasteiger partial charge is 0.461 e. The number of carbonyl (C=O) groups excluding carboxylic acids is 2. The number of ether oxygens (including phenoxy) is 1. The zero-order chi connectivity index (χ0) is 18.2. The minimum atomic E-state index is -0.582. The third-order valence-electron chi connectivity index (χ3n) is 3.08. The van der Waals surface area contributed by atoms with Crippen LogP contribution in [-0.4, -0.2) is 35.7 Å². The lowest BCUT2D eigenvalue weighted by Gasteiger charge is -2.23. The molecule has 1 aromatic heterocycles. The van der Waals surface area contributed by atoms with Gasteiger partial charge in [0.15, 0.2) is 5.71 Å². The first kappa shape index (κ1) is 19.8. The van der Waals surface area contributed by atoms with E-state index in [1.807, 2.05) is 11.4 Å². The molecule has 1 rings (SSSR count). The normalized spacial score (nSPS) is 11.7. The minimum Gasteiger partial charge on any atom is -0.461 e. The lowest BCUT2D eigenvalue weighted by atomic mass is 9.92. The van der Waals surface area contributed by atoms with Crippen molar-refractivity contribution in [1.82, 2.24) is 5.01 Å². The second kappa shape index (κ2) is 9.18. The molecule has 0 N–H and O–H groups in total. The Morgan fingerprint density at radius 3 is 2.62 bits per heavy atom. The summed E-state index contributed by atoms with van der Waals surface area (Å²) in [5, 5.41) is 17.8. The molecule has 0 radical (unpaired) electrons. The molecule has 0 fully saturated rings. The van der Waals surface area contributed by atoms with Crippen LogP contribution in [0.25, 0.3) is 0 Å². The summed E-state index contributed by atoms with van der Waals surface area (Å²) in [7, 11) is 0. The van der Waals surface area contributed by atoms with Gasteiger partial charge in [0.2, 0.25) is 0 Å². The zero-order valence-corrected chi connectivity index (χ0v) is 15.4. The Bertz CT molecular complexity index is 624. The second-order valence-corrected chi connectivity index (χ2v) is 7.12. The van der Waals surface area contributed by atoms with E-state index in [1.54, 1.807) is 18.4 Å². The molecule has 0 aliphatic carbocycles. The van der Waals surface area contributed by atoms with Crippen LogP contribution in [0.3, 0.4) is 0 Å². The first-order chi connectivity index (χ1) is 11.3. The highest BCUT2D eigenvalue weighted by molar-refractivity contribution is 7.08. The van der Waals surface area contributed by atoms with Crippen molar-refractivity contribution in [3.8, 4) is 6.07 Å². The number of rotatable bonds is 7. The molecule has 0 aromatic carbocycles. The van der Waals surface area contributed by atoms with Gasteiger partial charge in [0.1, 0.15) is 6.42 Å². The molecule has 0 spiro atoms. The number of esters is 1. The van der Waals surface area contributed by atoms with E-state index in [-0.39, 0.29) is 24.2 Å². The summed E-state index contributed by atoms with van der Waals surface area (Å²) >= 11 is 1.42. The van der Waals surface area contributed by atoms with Gasteiger partial charge in [0.25, 0.3) is 5.91 Å². The van der Waals surface area contributed by atoms with Crippen molar-refractivity contribution in [2.45, 2.75) is 40.5 Å². The highest BCUT2D eigenvalue weighted by atomic mass is 32.1. The molecular formula is C17H23N3O3S. The fraction of sp³-hybridized carbons (Fsp3) is 0.529. The highest BCUT2D eigenvalue weighted by Gasteiger charge is 2.22. The maximum absolute atomic E-state index is 12.2. The van der Waals surface area contributed by atoms with Crippen LogP contribution in [0.1, 0.15) is 46.1 Å². The van der Waals surface area contributed by atoms with Gasteiger partial charge in [-0.3, -0.25) is 4.79 Å². The summed E-state index contributed by atoms with van der Waals surface area (Å²) in [5.74, 6) is -1.01. The molecule has 130 valence electrons. The van der Waals surface area contributed by atoms with Crippen LogP contribution in [-0.2, 0) is 14.3 Å². The summed E-state index contributed by atoms with van der Waals surface area (Å²) in [5.41, 5.74) is 0.676. The third kappa shape index (κ3) is 6.50. The van der Waals surface area contributed by atoms with Crippen LogP contribution in [0.4, 0.5) is 0 Å². The standard InChI is InChI=1S/C17H23N3O3S/c1-5-23-16(22)15(13-7-11-24-12-13)19-20(14(21)6-9-18)10-8-17(2,3)4/h7,11-12H,5-6,8,10H2,1-4H3/b19-15-. The van der Waals surface area contributed by atoms with E-state index < -0.39 is 11.9 Å². The predicted molar refractivity (Wildman–Crippen MR) is 93.5 cm³/mol. The molecule has 0 bridgehead atoms. The van der Waals surface area contributed by atoms with E-state index in [0.717, 1.165) is 0 Å². The summed E-state index contributed by atoms with van der Waals surface area (Å²) in [4.78, 5) is 24.4. The number of hydrogen-bond donors (Lipinski definition) is 0. The van der Waals surface area contributed by atoms with E-state index in [9.17, 15) is 9.59 Å². The number of carbonyl (C=O) groups is 2. The fourth-order valence-electron chi connectivity index (χ4n) is 1.77. The average molecular weight is 349 g/mol. The van der Waals surface area contributed by atoms with Gasteiger partial charge in [-0.15, -0.1) is 0 Å². The predicted octanol–water partition coefficient (Wildman–Crippen LogP) is 3.19. The van der Waals surface area contributed by atoms with Crippen molar-refractivity contribution in [2.75, 3.05) is 13.2 Å². The van der Waals surface area contributed by atoms with Crippen LogP contribution in [0.2, 0.25) is 0 Å². The quantitative estimate of drug-likeness (QED) is 0.430. The number of hydrazone groups is 1. The smallest absolute Gasteiger partial charge is 0.359 e. The molecular weight excluding hydrogens is 326 g/mol. The summed E-state index contributed by atoms with van der Waals surface area (Å²) in [6, 6.07) is 3.58. The maximum Gasteiger partial charge on any atom is 0.359 e. The molecule has 1 amide bonds. The van der Waals surface area contributed by atoms with Crippen molar-refractivity contribution >= 4 is 28.9 Å². The van der Waals surface area contributed by atoms with Gasteiger partial charge in [0, 0.05) is 17.5 Å². The second-order valence-electron chi connectivity index (χ2n) is 6.34. The SMILES string of the molecule is CCOC(=O)/C(=N\N(CCC(C)(C)C)C(=O)CC#N)c1ccsc1. The highest BCUT2D eigenvalue weighted by Crippen LogP contribution is 2.20.